The molecule has 0 radical (unpaired) electrons. The van der Waals surface area contributed by atoms with E-state index < -0.39 is 13.1 Å². The summed E-state index contributed by atoms with van der Waals surface area (Å²) >= 11 is 0. The van der Waals surface area contributed by atoms with Crippen LogP contribution < -0.4 is 0 Å². The van der Waals surface area contributed by atoms with Gasteiger partial charge in [0.15, 0.2) is 0 Å². The molecule has 0 fully saturated rings. The van der Waals surface area contributed by atoms with E-state index in [4.69, 9.17) is 0 Å². The van der Waals surface area contributed by atoms with Crippen molar-refractivity contribution >= 4 is 13.1 Å². The highest BCUT2D eigenvalue weighted by Gasteiger charge is 2.29. The van der Waals surface area contributed by atoms with Crippen LogP contribution in [-0.4, -0.2) is 13.1 Å². The first-order chi connectivity index (χ1) is 3.95. The van der Waals surface area contributed by atoms with Gasteiger partial charge < -0.3 is 17.6 Å². The summed E-state index contributed by atoms with van der Waals surface area (Å²) in [6.45, 7) is 1.30. The van der Waals surface area contributed by atoms with Gasteiger partial charge in [-0.1, -0.05) is 6.92 Å². The molecule has 0 saturated carbocycles. The molecule has 0 amide bonds. The largest absolute Gasteiger partial charge is 0.701 e. The summed E-state index contributed by atoms with van der Waals surface area (Å²) in [5, 5.41) is 0. The summed E-state index contributed by atoms with van der Waals surface area (Å²) in [5.41, 5.74) is 0. The molecular weight excluding hydrogens is 136 g/mol. The number of rotatable bonds is 2. The normalized spacial score (nSPS) is 11.1. The Balaban J connectivity index is 3.60. The van der Waals surface area contributed by atoms with E-state index in [0.29, 0.717) is 0 Å². The smallest absolute Gasteiger partial charge is 0.609 e. The minimum atomic E-state index is -5.40. The lowest BCUT2D eigenvalue weighted by Crippen LogP contribution is -2.24. The van der Waals surface area contributed by atoms with Crippen molar-refractivity contribution in [1.29, 1.82) is 0 Å². The third-order valence-electron chi connectivity index (χ3n) is 0.554. The van der Waals surface area contributed by atoms with Crippen LogP contribution in [-0.2, 0) is 9.45 Å². The van der Waals surface area contributed by atoms with Crippen LogP contribution in [0.4, 0.5) is 12.9 Å². The quantitative estimate of drug-likeness (QED) is 0.541. The Kier molecular flexibility index (Phi) is 2.54. The Labute approximate surface area is 50.1 Å². The molecule has 0 N–H and O–H groups in total. The van der Waals surface area contributed by atoms with Gasteiger partial charge in [0.1, 0.15) is 0 Å². The van der Waals surface area contributed by atoms with Crippen molar-refractivity contribution < 1.29 is 22.4 Å². The van der Waals surface area contributed by atoms with Gasteiger partial charge in [0.2, 0.25) is 0 Å². The maximum atomic E-state index is 11.1. The zero-order chi connectivity index (χ0) is 7.49. The summed E-state index contributed by atoms with van der Waals surface area (Å²) < 4.78 is 36.3. The molecule has 9 heavy (non-hydrogen) atoms. The zero-order valence-electron chi connectivity index (χ0n) is 4.73. The molecule has 0 aliphatic rings. The zero-order valence-corrected chi connectivity index (χ0v) is 4.73. The van der Waals surface area contributed by atoms with Gasteiger partial charge in [-0.15, -0.1) is 0 Å². The Morgan fingerprint density at radius 3 is 2.11 bits per heavy atom. The number of hydrogen-bond acceptors (Lipinski definition) is 2. The SMILES string of the molecule is CCC(=O)O[B-](F)(F)F. The van der Waals surface area contributed by atoms with Gasteiger partial charge >= 0.3 is 7.18 Å². The summed E-state index contributed by atoms with van der Waals surface area (Å²) in [4.78, 5) is 9.90. The molecule has 0 saturated heterocycles. The fourth-order valence-electron chi connectivity index (χ4n) is 0.232. The second-order valence-corrected chi connectivity index (χ2v) is 1.36. The molecule has 0 spiro atoms. The first-order valence-corrected chi connectivity index (χ1v) is 2.36. The van der Waals surface area contributed by atoms with Gasteiger partial charge in [0, 0.05) is 6.42 Å². The van der Waals surface area contributed by atoms with Gasteiger partial charge in [-0.2, -0.15) is 0 Å². The maximum absolute atomic E-state index is 11.1. The number of hydrogen-bond donors (Lipinski definition) is 0. The highest BCUT2D eigenvalue weighted by Crippen LogP contribution is 2.10. The fraction of sp³-hybridized carbons (Fsp3) is 0.667. The molecular formula is C3H5BF3O2-. The second-order valence-electron chi connectivity index (χ2n) is 1.36. The van der Waals surface area contributed by atoms with Gasteiger partial charge in [-0.25, -0.2) is 0 Å². The van der Waals surface area contributed by atoms with Crippen molar-refractivity contribution in [2.24, 2.45) is 0 Å². The van der Waals surface area contributed by atoms with Crippen LogP contribution in [0.25, 0.3) is 0 Å². The van der Waals surface area contributed by atoms with Crippen molar-refractivity contribution in [2.45, 2.75) is 13.3 Å². The molecule has 0 aromatic heterocycles. The fourth-order valence-corrected chi connectivity index (χ4v) is 0.232. The lowest BCUT2D eigenvalue weighted by atomic mass is 10.2. The Morgan fingerprint density at radius 2 is 2.00 bits per heavy atom. The third-order valence-corrected chi connectivity index (χ3v) is 0.554. The summed E-state index contributed by atoms with van der Waals surface area (Å²) in [7, 11) is -5.40. The second kappa shape index (κ2) is 2.75. The van der Waals surface area contributed by atoms with Crippen LogP contribution in [0.5, 0.6) is 0 Å². The standard InChI is InChI=1S/C3H5BF3O2/c1-2-3(8)9-4(5,6)7/h2H2,1H3/q-1. The lowest BCUT2D eigenvalue weighted by Gasteiger charge is -2.14. The van der Waals surface area contributed by atoms with Crippen LogP contribution in [0.2, 0.25) is 0 Å². The number of carbonyl (C=O) groups is 1. The predicted molar refractivity (Wildman–Crippen MR) is 25.5 cm³/mol. The average molecular weight is 141 g/mol. The van der Waals surface area contributed by atoms with E-state index in [9.17, 15) is 17.7 Å². The summed E-state index contributed by atoms with van der Waals surface area (Å²) in [5.74, 6) is -1.23. The molecule has 0 aliphatic heterocycles. The predicted octanol–water partition coefficient (Wildman–Crippen LogP) is 1.28. The lowest BCUT2D eigenvalue weighted by molar-refractivity contribution is -0.137. The highest BCUT2D eigenvalue weighted by molar-refractivity contribution is 6.53. The Morgan fingerprint density at radius 1 is 1.56 bits per heavy atom. The average Bonchev–Trinajstić information content (AvgIpc) is 1.62. The van der Waals surface area contributed by atoms with Gasteiger partial charge in [0.05, 0.1) is 0 Å². The molecule has 0 heterocycles. The number of carbonyl (C=O) groups excluding carboxylic acids is 1. The van der Waals surface area contributed by atoms with Crippen molar-refractivity contribution in [3.05, 3.63) is 0 Å². The molecule has 0 atom stereocenters. The van der Waals surface area contributed by atoms with E-state index in [2.05, 4.69) is 4.65 Å². The molecule has 0 bridgehead atoms. The maximum Gasteiger partial charge on any atom is 0.701 e. The highest BCUT2D eigenvalue weighted by atomic mass is 19.4. The number of halogens is 3. The van der Waals surface area contributed by atoms with Crippen LogP contribution in [0.1, 0.15) is 13.3 Å². The van der Waals surface area contributed by atoms with E-state index in [1.54, 1.807) is 0 Å². The molecule has 54 valence electrons. The molecule has 6 heteroatoms. The summed E-state index contributed by atoms with van der Waals surface area (Å²) in [6, 6.07) is 0. The molecule has 0 rings (SSSR count). The van der Waals surface area contributed by atoms with Crippen LogP contribution in [0.3, 0.4) is 0 Å². The van der Waals surface area contributed by atoms with Crippen molar-refractivity contribution in [1.82, 2.24) is 0 Å². The minimum absolute atomic E-state index is 0.249. The third kappa shape index (κ3) is 5.19. The van der Waals surface area contributed by atoms with Crippen LogP contribution >= 0.6 is 0 Å². The molecule has 0 aliphatic carbocycles. The van der Waals surface area contributed by atoms with E-state index in [0.717, 1.165) is 0 Å². The molecule has 0 unspecified atom stereocenters. The Hall–Kier alpha value is -0.675. The first-order valence-electron chi connectivity index (χ1n) is 2.36. The van der Waals surface area contributed by atoms with Crippen molar-refractivity contribution in [2.75, 3.05) is 0 Å². The first kappa shape index (κ1) is 8.32. The van der Waals surface area contributed by atoms with Crippen molar-refractivity contribution in [3.8, 4) is 0 Å². The Bertz CT molecular complexity index is 110. The monoisotopic (exact) mass is 141 g/mol. The van der Waals surface area contributed by atoms with E-state index >= 15 is 0 Å². The van der Waals surface area contributed by atoms with E-state index in [1.807, 2.05) is 0 Å². The van der Waals surface area contributed by atoms with E-state index in [-0.39, 0.29) is 6.42 Å². The molecule has 2 nitrogen and oxygen atoms in total. The van der Waals surface area contributed by atoms with E-state index in [1.165, 1.54) is 6.92 Å². The van der Waals surface area contributed by atoms with Gasteiger partial charge in [-0.3, -0.25) is 4.79 Å². The van der Waals surface area contributed by atoms with Crippen LogP contribution in [0.15, 0.2) is 0 Å². The van der Waals surface area contributed by atoms with Gasteiger partial charge in [0.25, 0.3) is 5.97 Å². The topological polar surface area (TPSA) is 26.3 Å². The molecule has 0 aromatic carbocycles. The van der Waals surface area contributed by atoms with Gasteiger partial charge in [-0.05, 0) is 0 Å². The van der Waals surface area contributed by atoms with Crippen LogP contribution in [0, 0.1) is 0 Å². The van der Waals surface area contributed by atoms with Crippen molar-refractivity contribution in [3.63, 3.8) is 0 Å². The molecule has 0 aromatic rings. The minimum Gasteiger partial charge on any atom is -0.609 e. The summed E-state index contributed by atoms with van der Waals surface area (Å²) in [6.07, 6.45) is -0.249.